The molecule has 0 fully saturated rings. The normalized spacial score (nSPS) is 13.4. The summed E-state index contributed by atoms with van der Waals surface area (Å²) in [4.78, 5) is 24.4. The van der Waals surface area contributed by atoms with Crippen molar-refractivity contribution in [3.05, 3.63) is 29.8 Å². The molecule has 1 rings (SSSR count). The number of carbonyl (C=O) groups is 2. The van der Waals surface area contributed by atoms with Gasteiger partial charge in [0.2, 0.25) is 0 Å². The quantitative estimate of drug-likeness (QED) is 0.869. The number of carbonyl (C=O) groups excluding carboxylic acids is 1. The highest BCUT2D eigenvalue weighted by Gasteiger charge is 2.22. The van der Waals surface area contributed by atoms with Gasteiger partial charge in [-0.2, -0.15) is 0 Å². The van der Waals surface area contributed by atoms with Crippen LogP contribution in [0.3, 0.4) is 0 Å². The molecule has 0 radical (unpaired) electrons. The van der Waals surface area contributed by atoms with Gasteiger partial charge in [0.25, 0.3) is 0 Å². The minimum Gasteiger partial charge on any atom is -0.481 e. The molecule has 0 heterocycles. The lowest BCUT2D eigenvalue weighted by Gasteiger charge is -2.23. The minimum atomic E-state index is -0.923. The number of carboxylic acid groups (broad SMARTS) is 1. The van der Waals surface area contributed by atoms with Crippen LogP contribution < -0.4 is 10.2 Å². The van der Waals surface area contributed by atoms with Crippen LogP contribution >= 0.6 is 0 Å². The standard InChI is InChI=1S/C15H22N2O3/c1-5-12-6-8-13(9-7-12)17(4)15(20)16-11(3)10(2)14(18)19/h6-11H,5H2,1-4H3,(H,16,20)(H,18,19). The van der Waals surface area contributed by atoms with Gasteiger partial charge in [-0.1, -0.05) is 19.1 Å². The van der Waals surface area contributed by atoms with Gasteiger partial charge in [-0.05, 0) is 38.0 Å². The lowest BCUT2D eigenvalue weighted by Crippen LogP contribution is -2.46. The molecule has 5 heteroatoms. The van der Waals surface area contributed by atoms with E-state index in [1.165, 1.54) is 10.5 Å². The Morgan fingerprint density at radius 2 is 1.80 bits per heavy atom. The average molecular weight is 278 g/mol. The van der Waals surface area contributed by atoms with Gasteiger partial charge >= 0.3 is 12.0 Å². The summed E-state index contributed by atoms with van der Waals surface area (Å²) < 4.78 is 0. The van der Waals surface area contributed by atoms with Gasteiger partial charge in [0.05, 0.1) is 5.92 Å². The third-order valence-corrected chi connectivity index (χ3v) is 3.53. The highest BCUT2D eigenvalue weighted by Crippen LogP contribution is 2.14. The predicted molar refractivity (Wildman–Crippen MR) is 79.0 cm³/mol. The van der Waals surface area contributed by atoms with E-state index in [1.54, 1.807) is 20.9 Å². The highest BCUT2D eigenvalue weighted by atomic mass is 16.4. The summed E-state index contributed by atoms with van der Waals surface area (Å²) in [6.07, 6.45) is 0.948. The number of nitrogens with one attached hydrogen (secondary N) is 1. The first-order chi connectivity index (χ1) is 9.36. The van der Waals surface area contributed by atoms with Crippen molar-refractivity contribution in [2.45, 2.75) is 33.2 Å². The number of nitrogens with zero attached hydrogens (tertiary/aromatic N) is 1. The zero-order valence-electron chi connectivity index (χ0n) is 12.4. The van der Waals surface area contributed by atoms with Crippen molar-refractivity contribution in [1.82, 2.24) is 5.32 Å². The fourth-order valence-corrected chi connectivity index (χ4v) is 1.70. The Morgan fingerprint density at radius 1 is 1.25 bits per heavy atom. The van der Waals surface area contributed by atoms with Crippen LogP contribution in [0.2, 0.25) is 0 Å². The number of rotatable bonds is 5. The van der Waals surface area contributed by atoms with E-state index in [0.29, 0.717) is 0 Å². The molecule has 1 aromatic rings. The number of amides is 2. The van der Waals surface area contributed by atoms with Crippen molar-refractivity contribution in [1.29, 1.82) is 0 Å². The number of aliphatic carboxylic acids is 1. The summed E-state index contributed by atoms with van der Waals surface area (Å²) in [6, 6.07) is 6.96. The monoisotopic (exact) mass is 278 g/mol. The smallest absolute Gasteiger partial charge is 0.321 e. The van der Waals surface area contributed by atoms with E-state index >= 15 is 0 Å². The molecule has 20 heavy (non-hydrogen) atoms. The van der Waals surface area contributed by atoms with E-state index < -0.39 is 17.9 Å². The molecule has 0 aliphatic carbocycles. The molecule has 2 amide bonds. The number of anilines is 1. The molecule has 1 aromatic carbocycles. The van der Waals surface area contributed by atoms with Gasteiger partial charge in [-0.25, -0.2) is 4.79 Å². The molecule has 110 valence electrons. The fraction of sp³-hybridized carbons (Fsp3) is 0.467. The van der Waals surface area contributed by atoms with E-state index in [4.69, 9.17) is 5.11 Å². The van der Waals surface area contributed by atoms with Crippen LogP contribution in [0.15, 0.2) is 24.3 Å². The van der Waals surface area contributed by atoms with Gasteiger partial charge in [0.15, 0.2) is 0 Å². The Kier molecular flexibility index (Phi) is 5.55. The lowest BCUT2D eigenvalue weighted by atomic mass is 10.0. The van der Waals surface area contributed by atoms with Crippen molar-refractivity contribution < 1.29 is 14.7 Å². The van der Waals surface area contributed by atoms with Crippen molar-refractivity contribution >= 4 is 17.7 Å². The van der Waals surface area contributed by atoms with E-state index in [-0.39, 0.29) is 6.03 Å². The third-order valence-electron chi connectivity index (χ3n) is 3.53. The van der Waals surface area contributed by atoms with Gasteiger partial charge in [0.1, 0.15) is 0 Å². The zero-order chi connectivity index (χ0) is 15.3. The number of hydrogen-bond acceptors (Lipinski definition) is 2. The molecular weight excluding hydrogens is 256 g/mol. The Bertz CT molecular complexity index is 471. The summed E-state index contributed by atoms with van der Waals surface area (Å²) in [7, 11) is 1.66. The van der Waals surface area contributed by atoms with Crippen LogP contribution in [0.5, 0.6) is 0 Å². The first-order valence-corrected chi connectivity index (χ1v) is 6.72. The van der Waals surface area contributed by atoms with Gasteiger partial charge in [-0.15, -0.1) is 0 Å². The second kappa shape index (κ2) is 6.93. The Hall–Kier alpha value is -2.04. The molecular formula is C15H22N2O3. The van der Waals surface area contributed by atoms with Crippen LogP contribution in [-0.2, 0) is 11.2 Å². The zero-order valence-corrected chi connectivity index (χ0v) is 12.4. The largest absolute Gasteiger partial charge is 0.481 e. The maximum absolute atomic E-state index is 12.1. The fourth-order valence-electron chi connectivity index (χ4n) is 1.70. The maximum Gasteiger partial charge on any atom is 0.321 e. The Labute approximate surface area is 119 Å². The number of carboxylic acids is 1. The molecule has 2 N–H and O–H groups in total. The Morgan fingerprint density at radius 3 is 2.25 bits per heavy atom. The van der Waals surface area contributed by atoms with Crippen molar-refractivity contribution in [3.63, 3.8) is 0 Å². The topological polar surface area (TPSA) is 69.6 Å². The number of benzene rings is 1. The summed E-state index contributed by atoms with van der Waals surface area (Å²) in [5, 5.41) is 11.6. The summed E-state index contributed by atoms with van der Waals surface area (Å²) in [5.74, 6) is -1.55. The van der Waals surface area contributed by atoms with Crippen LogP contribution in [-0.4, -0.2) is 30.2 Å². The maximum atomic E-state index is 12.1. The van der Waals surface area contributed by atoms with Crippen LogP contribution in [0.25, 0.3) is 0 Å². The van der Waals surface area contributed by atoms with Crippen LogP contribution in [0, 0.1) is 5.92 Å². The third kappa shape index (κ3) is 3.98. The molecule has 2 unspecified atom stereocenters. The summed E-state index contributed by atoms with van der Waals surface area (Å²) in [6.45, 7) is 5.33. The van der Waals surface area contributed by atoms with E-state index in [0.717, 1.165) is 12.1 Å². The summed E-state index contributed by atoms with van der Waals surface area (Å²) >= 11 is 0. The molecule has 0 saturated heterocycles. The number of hydrogen-bond donors (Lipinski definition) is 2. The van der Waals surface area contributed by atoms with Gasteiger partial charge in [0, 0.05) is 18.8 Å². The summed E-state index contributed by atoms with van der Waals surface area (Å²) in [5.41, 5.74) is 1.98. The van der Waals surface area contributed by atoms with E-state index in [2.05, 4.69) is 12.2 Å². The highest BCUT2D eigenvalue weighted by molar-refractivity contribution is 5.91. The second-order valence-corrected chi connectivity index (χ2v) is 4.94. The van der Waals surface area contributed by atoms with Crippen molar-refractivity contribution in [2.75, 3.05) is 11.9 Å². The molecule has 2 atom stereocenters. The first kappa shape index (κ1) is 16.0. The van der Waals surface area contributed by atoms with Crippen LogP contribution in [0.1, 0.15) is 26.3 Å². The Balaban J connectivity index is 2.68. The molecule has 0 saturated carbocycles. The van der Waals surface area contributed by atoms with Crippen molar-refractivity contribution in [3.8, 4) is 0 Å². The van der Waals surface area contributed by atoms with Crippen molar-refractivity contribution in [2.24, 2.45) is 5.92 Å². The SMILES string of the molecule is CCc1ccc(N(C)C(=O)NC(C)C(C)C(=O)O)cc1. The lowest BCUT2D eigenvalue weighted by molar-refractivity contribution is -0.141. The van der Waals surface area contributed by atoms with E-state index in [1.807, 2.05) is 24.3 Å². The number of urea groups is 1. The average Bonchev–Trinajstić information content (AvgIpc) is 2.45. The van der Waals surface area contributed by atoms with Gasteiger partial charge in [-0.3, -0.25) is 9.69 Å². The molecule has 0 aromatic heterocycles. The molecule has 0 spiro atoms. The second-order valence-electron chi connectivity index (χ2n) is 4.94. The first-order valence-electron chi connectivity index (χ1n) is 6.72. The van der Waals surface area contributed by atoms with E-state index in [9.17, 15) is 9.59 Å². The molecule has 0 aliphatic heterocycles. The number of aryl methyl sites for hydroxylation is 1. The van der Waals surface area contributed by atoms with Crippen LogP contribution in [0.4, 0.5) is 10.5 Å². The predicted octanol–water partition coefficient (Wildman–Crippen LogP) is 2.50. The van der Waals surface area contributed by atoms with Gasteiger partial charge < -0.3 is 10.4 Å². The minimum absolute atomic E-state index is 0.310. The molecule has 0 bridgehead atoms. The molecule has 5 nitrogen and oxygen atoms in total. The molecule has 0 aliphatic rings.